The van der Waals surface area contributed by atoms with Crippen molar-refractivity contribution in [1.29, 1.82) is 0 Å². The Hall–Kier alpha value is -8.46. The van der Waals surface area contributed by atoms with Gasteiger partial charge in [0.2, 0.25) is 23.6 Å². The molecule has 0 saturated carbocycles. The van der Waals surface area contributed by atoms with E-state index in [-0.39, 0.29) is 72.4 Å². The smallest absolute Gasteiger partial charge is 0.409 e. The number of hydrogen-bond donors (Lipinski definition) is 7. The maximum absolute atomic E-state index is 14.7. The third kappa shape index (κ3) is 16.5. The number of alkyl carbamates (subject to hydrolysis) is 1. The molecule has 10 atom stereocenters. The number of likely N-dealkylation sites (N-methyl/N-ethyl adjacent to an activating group) is 1. The van der Waals surface area contributed by atoms with Gasteiger partial charge in [-0.3, -0.25) is 48.8 Å². The Bertz CT molecular complexity index is 3340. The van der Waals surface area contributed by atoms with Crippen LogP contribution in [-0.2, 0) is 58.9 Å². The number of epoxide rings is 1. The summed E-state index contributed by atoms with van der Waals surface area (Å²) in [5, 5.41) is 25.8. The Labute approximate surface area is 526 Å². The Morgan fingerprint density at radius 2 is 1.71 bits per heavy atom. The van der Waals surface area contributed by atoms with E-state index in [9.17, 15) is 53.1 Å². The Morgan fingerprint density at radius 1 is 0.989 bits per heavy atom. The van der Waals surface area contributed by atoms with Crippen molar-refractivity contribution in [3.8, 4) is 5.75 Å². The molecule has 4 aliphatic rings. The lowest BCUT2D eigenvalue weighted by Crippen LogP contribution is -2.63. The summed E-state index contributed by atoms with van der Waals surface area (Å²) in [6.07, 6.45) is 5.44. The molecule has 0 aliphatic carbocycles. The number of ether oxygens (including phenoxy) is 5. The molecular formula is C63H81ClN10O16. The second-order valence-corrected chi connectivity index (χ2v) is 24.0. The highest BCUT2D eigenvalue weighted by Gasteiger charge is 2.64. The van der Waals surface area contributed by atoms with Crippen molar-refractivity contribution in [3.05, 3.63) is 94.7 Å². The van der Waals surface area contributed by atoms with Gasteiger partial charge in [-0.15, -0.1) is 0 Å². The maximum Gasteiger partial charge on any atom is 0.409 e. The summed E-state index contributed by atoms with van der Waals surface area (Å²) in [4.78, 5) is 142. The van der Waals surface area contributed by atoms with E-state index in [0.717, 1.165) is 20.9 Å². The topological polar surface area (TPSA) is 349 Å². The monoisotopic (exact) mass is 1270 g/mol. The van der Waals surface area contributed by atoms with E-state index < -0.39 is 120 Å². The number of carbonyl (C=O) groups excluding carboxylic acids is 10. The van der Waals surface area contributed by atoms with E-state index in [1.165, 1.54) is 70.6 Å². The number of aromatic nitrogens is 1. The van der Waals surface area contributed by atoms with Crippen LogP contribution in [0.2, 0.25) is 5.02 Å². The number of amides is 10. The molecule has 4 aliphatic heterocycles. The van der Waals surface area contributed by atoms with Crippen molar-refractivity contribution >= 4 is 93.3 Å². The number of urea groups is 1. The molecule has 2 aromatic carbocycles. The predicted octanol–water partition coefficient (Wildman–Crippen LogP) is 4.87. The number of imide groups is 1. The molecule has 27 heteroatoms. The van der Waals surface area contributed by atoms with Gasteiger partial charge in [-0.2, -0.15) is 0 Å². The van der Waals surface area contributed by atoms with Crippen LogP contribution in [0.1, 0.15) is 109 Å². The van der Waals surface area contributed by atoms with Crippen LogP contribution >= 0.6 is 11.6 Å². The maximum atomic E-state index is 14.7. The van der Waals surface area contributed by atoms with Crippen molar-refractivity contribution in [2.45, 2.75) is 153 Å². The SMILES string of the molecule is COc1cc2cc(c1Cl)N(C)C(=O)C[C@H](OC(=O)[C@H](C)N(C)C(=O)c1ccc(NC(=O)[C@H](CCCNC(N)=O)NC(=O)[C@@H](NC(=O)CCCCCN3C(=O)C=CC3=O)C(C)C)c3cccnc13)[C@]1(C)O[C@H]1[C@H](C)[C@@H]1C[C@@](O)(NC(=O)O1)[C@H](OC)/C=C/C=C(\C)C2. The molecule has 90 heavy (non-hydrogen) atoms. The van der Waals surface area contributed by atoms with E-state index in [0.29, 0.717) is 42.5 Å². The first-order valence-electron chi connectivity index (χ1n) is 29.8. The Balaban J connectivity index is 1.09. The number of hydrogen-bond acceptors (Lipinski definition) is 17. The number of benzene rings is 2. The van der Waals surface area contributed by atoms with Gasteiger partial charge in [-0.05, 0) is 101 Å². The second kappa shape index (κ2) is 29.9. The largest absolute Gasteiger partial charge is 0.495 e. The highest BCUT2D eigenvalue weighted by atomic mass is 35.5. The van der Waals surface area contributed by atoms with Crippen LogP contribution in [-0.4, -0.2) is 175 Å². The van der Waals surface area contributed by atoms with Gasteiger partial charge in [-0.25, -0.2) is 14.4 Å². The van der Waals surface area contributed by atoms with E-state index in [2.05, 4.69) is 31.6 Å². The molecule has 2 fully saturated rings. The lowest BCUT2D eigenvalue weighted by Gasteiger charge is -2.42. The number of fused-ring (bicyclic) bond motifs is 6. The van der Waals surface area contributed by atoms with Crippen molar-refractivity contribution in [1.82, 2.24) is 36.1 Å². The normalized spacial score (nSPS) is 24.5. The van der Waals surface area contributed by atoms with Crippen LogP contribution < -0.4 is 42.0 Å². The fourth-order valence-electron chi connectivity index (χ4n) is 11.3. The number of methoxy groups -OCH3 is 2. The van der Waals surface area contributed by atoms with Crippen molar-refractivity contribution in [2.24, 2.45) is 17.6 Å². The van der Waals surface area contributed by atoms with Gasteiger partial charge in [0.05, 0.1) is 42.1 Å². The fourth-order valence-corrected chi connectivity index (χ4v) is 11.6. The average Bonchev–Trinajstić information content (AvgIpc) is 1.56. The van der Waals surface area contributed by atoms with Crippen molar-refractivity contribution in [3.63, 3.8) is 0 Å². The fraction of sp³-hybridized carbons (Fsp3) is 0.508. The molecule has 1 aromatic heterocycles. The predicted molar refractivity (Wildman–Crippen MR) is 330 cm³/mol. The zero-order valence-corrected chi connectivity index (χ0v) is 53.0. The molecule has 4 bridgehead atoms. The quantitative estimate of drug-likeness (QED) is 0.0305. The molecule has 10 amide bonds. The van der Waals surface area contributed by atoms with E-state index in [1.807, 2.05) is 13.0 Å². The number of anilines is 2. The number of unbranched alkanes of at least 4 members (excludes halogenated alkanes) is 2. The molecule has 3 aromatic rings. The van der Waals surface area contributed by atoms with E-state index in [1.54, 1.807) is 64.1 Å². The number of primary amides is 1. The van der Waals surface area contributed by atoms with Gasteiger partial charge in [0.15, 0.2) is 5.72 Å². The molecule has 2 saturated heterocycles. The third-order valence-electron chi connectivity index (χ3n) is 16.8. The standard InChI is InChI=1S/C63H81ClN10O16/c1-34(2)53(70-48(75)21-12-11-13-28-74-49(76)24-25-50(74)77)57(80)69-42(19-16-27-67-60(65)83)56(79)68-41-23-22-40(54-39(41)18-15-26-66-54)58(81)72(7)37(5)59(82)89-47-32-51(78)73(8)43-30-38(31-44(86-9)52(43)64)29-35(3)17-14-20-46(87-10)63(85)33-45(88-61(84)71-63)36(4)55-62(47,6)90-55/h14-15,17-18,20,22-26,30-31,34,36-37,42,45-47,53,55,85H,11-13,16,19,21,27-29,32-33H2,1-10H3,(H,68,79)(H,69,80)(H,70,75)(H,71,84)(H3,65,67,83)/b20-14+,35-17+/t36-,37+,42+,45+,46-,47+,53+,55+,62+,63+/m1/s1. The van der Waals surface area contributed by atoms with Crippen LogP contribution in [0.25, 0.3) is 10.9 Å². The lowest BCUT2D eigenvalue weighted by atomic mass is 9.83. The number of carbonyl (C=O) groups is 10. The molecule has 7 rings (SSSR count). The van der Waals surface area contributed by atoms with Crippen LogP contribution in [0, 0.1) is 11.8 Å². The summed E-state index contributed by atoms with van der Waals surface area (Å²) < 4.78 is 29.7. The van der Waals surface area contributed by atoms with E-state index >= 15 is 0 Å². The number of aliphatic hydroxyl groups is 1. The number of nitrogens with two attached hydrogens (primary N) is 1. The van der Waals surface area contributed by atoms with E-state index in [4.69, 9.17) is 41.0 Å². The van der Waals surface area contributed by atoms with Crippen LogP contribution in [0.3, 0.4) is 0 Å². The summed E-state index contributed by atoms with van der Waals surface area (Å²) in [5.41, 5.74) is 4.22. The van der Waals surface area contributed by atoms with Gasteiger partial charge in [0, 0.05) is 76.8 Å². The zero-order valence-electron chi connectivity index (χ0n) is 52.2. The van der Waals surface area contributed by atoms with Gasteiger partial charge in [-0.1, -0.05) is 62.6 Å². The molecule has 0 unspecified atom stereocenters. The third-order valence-corrected chi connectivity index (χ3v) is 17.1. The molecule has 0 spiro atoms. The number of rotatable bonds is 22. The Kier molecular flexibility index (Phi) is 22.9. The average molecular weight is 1270 g/mol. The number of nitrogens with one attached hydrogen (secondary N) is 5. The summed E-state index contributed by atoms with van der Waals surface area (Å²) in [6.45, 7) is 10.5. The van der Waals surface area contributed by atoms with Crippen LogP contribution in [0.5, 0.6) is 5.75 Å². The molecule has 26 nitrogen and oxygen atoms in total. The minimum absolute atomic E-state index is 0.0107. The van der Waals surface area contributed by atoms with Crippen LogP contribution in [0.15, 0.2) is 78.5 Å². The zero-order chi connectivity index (χ0) is 65.9. The summed E-state index contributed by atoms with van der Waals surface area (Å²) in [6, 6.07) is 5.19. The highest BCUT2D eigenvalue weighted by molar-refractivity contribution is 6.35. The summed E-state index contributed by atoms with van der Waals surface area (Å²) in [5.74, 6) is -5.46. The van der Waals surface area contributed by atoms with Crippen LogP contribution in [0.4, 0.5) is 21.0 Å². The van der Waals surface area contributed by atoms with Gasteiger partial charge < -0.3 is 65.6 Å². The minimum Gasteiger partial charge on any atom is -0.495 e. The first kappa shape index (κ1) is 69.0. The number of esters is 1. The lowest BCUT2D eigenvalue weighted by molar-refractivity contribution is -0.158. The van der Waals surface area contributed by atoms with Gasteiger partial charge >= 0.3 is 18.1 Å². The summed E-state index contributed by atoms with van der Waals surface area (Å²) >= 11 is 6.88. The first-order valence-corrected chi connectivity index (χ1v) is 30.2. The summed E-state index contributed by atoms with van der Waals surface area (Å²) in [7, 11) is 5.75. The van der Waals surface area contributed by atoms with Gasteiger partial charge in [0.1, 0.15) is 52.8 Å². The Morgan fingerprint density at radius 3 is 2.39 bits per heavy atom. The van der Waals surface area contributed by atoms with Crippen molar-refractivity contribution < 1.29 is 76.7 Å². The minimum atomic E-state index is -1.93. The highest BCUT2D eigenvalue weighted by Crippen LogP contribution is 2.49. The first-order chi connectivity index (χ1) is 42.6. The number of allylic oxidation sites excluding steroid dienone is 3. The molecule has 486 valence electrons. The molecular weight excluding hydrogens is 1190 g/mol. The number of pyridine rings is 1. The number of halogens is 1. The van der Waals surface area contributed by atoms with Gasteiger partial charge in [0.25, 0.3) is 17.7 Å². The number of nitrogens with zero attached hydrogens (tertiary/aromatic N) is 4. The van der Waals surface area contributed by atoms with Crippen molar-refractivity contribution in [2.75, 3.05) is 51.6 Å². The molecule has 0 radical (unpaired) electrons. The second-order valence-electron chi connectivity index (χ2n) is 23.6. The molecule has 8 N–H and O–H groups in total. The molecule has 5 heterocycles.